The smallest absolute Gasteiger partial charge is 0.231 e. The number of anilines is 1. The molecule has 0 spiro atoms. The van der Waals surface area contributed by atoms with Crippen LogP contribution >= 0.6 is 0 Å². The molecule has 1 aromatic carbocycles. The second kappa shape index (κ2) is 8.16. The molecule has 0 atom stereocenters. The van der Waals surface area contributed by atoms with E-state index in [1.165, 1.54) is 5.56 Å². The molecule has 0 amide bonds. The van der Waals surface area contributed by atoms with E-state index in [0.717, 1.165) is 62.4 Å². The van der Waals surface area contributed by atoms with Crippen molar-refractivity contribution in [1.82, 2.24) is 15.2 Å². The van der Waals surface area contributed by atoms with E-state index in [2.05, 4.69) is 43.3 Å². The van der Waals surface area contributed by atoms with Crippen molar-refractivity contribution in [2.75, 3.05) is 51.5 Å². The van der Waals surface area contributed by atoms with Crippen molar-refractivity contribution in [3.05, 3.63) is 48.2 Å². The number of piperazine rings is 1. The maximum atomic E-state index is 5.45. The molecule has 2 aliphatic rings. The molecule has 0 unspecified atom stereocenters. The Balaban J connectivity index is 1.26. The summed E-state index contributed by atoms with van der Waals surface area (Å²) >= 11 is 0. The van der Waals surface area contributed by atoms with Gasteiger partial charge in [-0.05, 0) is 36.2 Å². The number of nitrogens with zero attached hydrogens (tertiary/aromatic N) is 4. The van der Waals surface area contributed by atoms with Crippen LogP contribution in [0.5, 0.6) is 11.5 Å². The van der Waals surface area contributed by atoms with Crippen molar-refractivity contribution < 1.29 is 9.47 Å². The molecule has 7 nitrogen and oxygen atoms in total. The third-order valence-electron chi connectivity index (χ3n) is 4.90. The van der Waals surface area contributed by atoms with Crippen molar-refractivity contribution in [2.24, 2.45) is 4.99 Å². The minimum atomic E-state index is 0.314. The van der Waals surface area contributed by atoms with Gasteiger partial charge in [-0.1, -0.05) is 12.1 Å². The molecule has 7 heteroatoms. The fourth-order valence-corrected chi connectivity index (χ4v) is 3.44. The number of nitrogens with one attached hydrogen (secondary N) is 1. The van der Waals surface area contributed by atoms with Crippen LogP contribution in [0.1, 0.15) is 5.56 Å². The molecule has 1 fully saturated rings. The van der Waals surface area contributed by atoms with Crippen LogP contribution in [0.25, 0.3) is 0 Å². The van der Waals surface area contributed by atoms with E-state index >= 15 is 0 Å². The Hall–Kier alpha value is -2.96. The summed E-state index contributed by atoms with van der Waals surface area (Å²) in [5, 5.41) is 3.48. The highest BCUT2D eigenvalue weighted by atomic mass is 16.7. The van der Waals surface area contributed by atoms with E-state index in [1.807, 2.05) is 31.4 Å². The molecule has 0 radical (unpaired) electrons. The predicted octanol–water partition coefficient (Wildman–Crippen LogP) is 1.75. The number of hydrogen-bond acceptors (Lipinski definition) is 5. The molecule has 0 aliphatic carbocycles. The van der Waals surface area contributed by atoms with Gasteiger partial charge in [0, 0.05) is 46.0 Å². The van der Waals surface area contributed by atoms with Crippen LogP contribution < -0.4 is 19.7 Å². The van der Waals surface area contributed by atoms with Gasteiger partial charge in [0.05, 0.1) is 0 Å². The molecule has 2 aromatic rings. The zero-order valence-corrected chi connectivity index (χ0v) is 15.6. The normalized spacial score (nSPS) is 16.6. The van der Waals surface area contributed by atoms with Gasteiger partial charge >= 0.3 is 0 Å². The fourth-order valence-electron chi connectivity index (χ4n) is 3.44. The molecule has 1 saturated heterocycles. The number of pyridine rings is 1. The molecule has 3 heterocycles. The van der Waals surface area contributed by atoms with E-state index in [9.17, 15) is 0 Å². The first-order valence-corrected chi connectivity index (χ1v) is 9.33. The van der Waals surface area contributed by atoms with Crippen LogP contribution in [0, 0.1) is 0 Å². The number of aromatic nitrogens is 1. The zero-order valence-electron chi connectivity index (χ0n) is 15.6. The van der Waals surface area contributed by atoms with Crippen molar-refractivity contribution in [2.45, 2.75) is 6.42 Å². The average Bonchev–Trinajstić information content (AvgIpc) is 3.20. The third-order valence-corrected chi connectivity index (χ3v) is 4.90. The number of guanidine groups is 1. The summed E-state index contributed by atoms with van der Waals surface area (Å²) in [5.41, 5.74) is 1.22. The zero-order chi connectivity index (χ0) is 18.5. The maximum Gasteiger partial charge on any atom is 0.231 e. The second-order valence-electron chi connectivity index (χ2n) is 6.57. The topological polar surface area (TPSA) is 62.2 Å². The first kappa shape index (κ1) is 17.5. The number of hydrogen-bond donors (Lipinski definition) is 1. The van der Waals surface area contributed by atoms with Gasteiger partial charge in [-0.15, -0.1) is 0 Å². The van der Waals surface area contributed by atoms with Crippen molar-refractivity contribution in [1.29, 1.82) is 0 Å². The minimum Gasteiger partial charge on any atom is -0.454 e. The Morgan fingerprint density at radius 2 is 1.96 bits per heavy atom. The number of aliphatic imine (C=N–C) groups is 1. The summed E-state index contributed by atoms with van der Waals surface area (Å²) < 4.78 is 10.8. The van der Waals surface area contributed by atoms with Crippen LogP contribution in [0.3, 0.4) is 0 Å². The lowest BCUT2D eigenvalue weighted by Crippen LogP contribution is -2.53. The van der Waals surface area contributed by atoms with Gasteiger partial charge in [0.25, 0.3) is 0 Å². The van der Waals surface area contributed by atoms with Gasteiger partial charge in [-0.3, -0.25) is 4.99 Å². The standard InChI is InChI=1S/C20H25N5O2/c1-21-20(23-9-7-16-5-6-17-18(14-16)27-15-26-17)25-12-10-24(11-13-25)19-4-2-3-8-22-19/h2-6,8,14H,7,9-13,15H2,1H3,(H,21,23). The van der Waals surface area contributed by atoms with Crippen LogP contribution in [0.15, 0.2) is 47.6 Å². The maximum absolute atomic E-state index is 5.45. The average molecular weight is 367 g/mol. The lowest BCUT2D eigenvalue weighted by atomic mass is 10.1. The second-order valence-corrected chi connectivity index (χ2v) is 6.57. The quantitative estimate of drug-likeness (QED) is 0.656. The highest BCUT2D eigenvalue weighted by Gasteiger charge is 2.20. The van der Waals surface area contributed by atoms with Crippen LogP contribution in [-0.4, -0.2) is 62.4 Å². The van der Waals surface area contributed by atoms with E-state index in [1.54, 1.807) is 0 Å². The van der Waals surface area contributed by atoms with E-state index in [0.29, 0.717) is 6.79 Å². The molecule has 142 valence electrons. The van der Waals surface area contributed by atoms with Crippen LogP contribution in [-0.2, 0) is 6.42 Å². The first-order chi connectivity index (χ1) is 13.3. The van der Waals surface area contributed by atoms with Gasteiger partial charge in [-0.2, -0.15) is 0 Å². The van der Waals surface area contributed by atoms with E-state index < -0.39 is 0 Å². The monoisotopic (exact) mass is 367 g/mol. The van der Waals surface area contributed by atoms with Crippen molar-refractivity contribution >= 4 is 11.8 Å². The van der Waals surface area contributed by atoms with Gasteiger partial charge in [0.2, 0.25) is 6.79 Å². The summed E-state index contributed by atoms with van der Waals surface area (Å²) in [6, 6.07) is 12.2. The SMILES string of the molecule is CN=C(NCCc1ccc2c(c1)OCO2)N1CCN(c2ccccn2)CC1. The van der Waals surface area contributed by atoms with Gasteiger partial charge in [0.15, 0.2) is 17.5 Å². The highest BCUT2D eigenvalue weighted by Crippen LogP contribution is 2.32. The Bertz CT molecular complexity index is 788. The summed E-state index contributed by atoms with van der Waals surface area (Å²) in [5.74, 6) is 3.66. The molecular weight excluding hydrogens is 342 g/mol. The number of ether oxygens (including phenoxy) is 2. The molecule has 27 heavy (non-hydrogen) atoms. The van der Waals surface area contributed by atoms with E-state index in [-0.39, 0.29) is 0 Å². The summed E-state index contributed by atoms with van der Waals surface area (Å²) in [7, 11) is 1.84. The molecule has 4 rings (SSSR count). The lowest BCUT2D eigenvalue weighted by molar-refractivity contribution is 0.174. The summed E-state index contributed by atoms with van der Waals surface area (Å²) in [6.07, 6.45) is 2.75. The summed E-state index contributed by atoms with van der Waals surface area (Å²) in [6.45, 7) is 4.89. The molecule has 1 N–H and O–H groups in total. The van der Waals surface area contributed by atoms with E-state index in [4.69, 9.17) is 9.47 Å². The Labute approximate surface area is 159 Å². The number of fused-ring (bicyclic) bond motifs is 1. The molecule has 0 saturated carbocycles. The molecule has 2 aliphatic heterocycles. The number of rotatable bonds is 4. The fraction of sp³-hybridized carbons (Fsp3) is 0.400. The van der Waals surface area contributed by atoms with Crippen molar-refractivity contribution in [3.63, 3.8) is 0 Å². The van der Waals surface area contributed by atoms with Gasteiger partial charge in [0.1, 0.15) is 5.82 Å². The van der Waals surface area contributed by atoms with Crippen molar-refractivity contribution in [3.8, 4) is 11.5 Å². The molecule has 0 bridgehead atoms. The van der Waals surface area contributed by atoms with Crippen LogP contribution in [0.4, 0.5) is 5.82 Å². The molecule has 1 aromatic heterocycles. The van der Waals surface area contributed by atoms with Crippen LogP contribution in [0.2, 0.25) is 0 Å². The minimum absolute atomic E-state index is 0.314. The highest BCUT2D eigenvalue weighted by molar-refractivity contribution is 5.80. The first-order valence-electron chi connectivity index (χ1n) is 9.33. The number of benzene rings is 1. The third kappa shape index (κ3) is 4.07. The Morgan fingerprint density at radius 1 is 1.11 bits per heavy atom. The largest absolute Gasteiger partial charge is 0.454 e. The molecular formula is C20H25N5O2. The Kier molecular flexibility index (Phi) is 5.27. The lowest BCUT2D eigenvalue weighted by Gasteiger charge is -2.37. The predicted molar refractivity (Wildman–Crippen MR) is 106 cm³/mol. The van der Waals surface area contributed by atoms with Gasteiger partial charge < -0.3 is 24.6 Å². The summed E-state index contributed by atoms with van der Waals surface area (Å²) in [4.78, 5) is 13.5. The van der Waals surface area contributed by atoms with Gasteiger partial charge in [-0.25, -0.2) is 4.98 Å². The Morgan fingerprint density at radius 3 is 2.74 bits per heavy atom.